The van der Waals surface area contributed by atoms with Crippen LogP contribution >= 0.6 is 0 Å². The lowest BCUT2D eigenvalue weighted by molar-refractivity contribution is 0.300. The second-order valence-corrected chi connectivity index (χ2v) is 5.25. The van der Waals surface area contributed by atoms with Gasteiger partial charge in [0, 0.05) is 12.7 Å². The molecular weight excluding hydrogens is 276 g/mol. The number of fused-ring (bicyclic) bond motifs is 1. The molecule has 0 aliphatic heterocycles. The maximum absolute atomic E-state index is 5.83. The van der Waals surface area contributed by atoms with E-state index in [1.165, 1.54) is 5.56 Å². The van der Waals surface area contributed by atoms with Gasteiger partial charge in [-0.1, -0.05) is 43.7 Å². The average molecular weight is 296 g/mol. The third-order valence-corrected chi connectivity index (χ3v) is 3.53. The van der Waals surface area contributed by atoms with Crippen LogP contribution in [0.25, 0.3) is 11.0 Å². The van der Waals surface area contributed by atoms with Crippen molar-refractivity contribution in [2.24, 2.45) is 0 Å². The van der Waals surface area contributed by atoms with E-state index in [0.29, 0.717) is 12.5 Å². The summed E-state index contributed by atoms with van der Waals surface area (Å²) in [5.74, 6) is 0.813. The highest BCUT2D eigenvalue weighted by molar-refractivity contribution is 5.81. The Kier molecular flexibility index (Phi) is 4.23. The topological polar surface area (TPSA) is 66.0 Å². The van der Waals surface area contributed by atoms with E-state index in [4.69, 9.17) is 10.5 Å². The molecule has 0 bridgehead atoms. The van der Waals surface area contributed by atoms with E-state index in [0.717, 1.165) is 30.4 Å². The molecule has 0 aliphatic carbocycles. The molecule has 114 valence electrons. The molecule has 3 aromatic rings. The van der Waals surface area contributed by atoms with Gasteiger partial charge in [-0.05, 0) is 18.1 Å². The van der Waals surface area contributed by atoms with Crippen molar-refractivity contribution < 1.29 is 4.74 Å². The molecule has 3 rings (SSSR count). The highest BCUT2D eigenvalue weighted by Crippen LogP contribution is 2.25. The molecule has 0 spiro atoms. The van der Waals surface area contributed by atoms with Crippen LogP contribution in [0.4, 0.5) is 5.95 Å². The van der Waals surface area contributed by atoms with Gasteiger partial charge in [0.1, 0.15) is 5.52 Å². The SMILES string of the molecule is CCCCOc1nc(N)nc2ccn(Cc3ccccc3)c12. The highest BCUT2D eigenvalue weighted by atomic mass is 16.5. The molecule has 0 amide bonds. The van der Waals surface area contributed by atoms with E-state index in [1.54, 1.807) is 0 Å². The Morgan fingerprint density at radius 3 is 2.73 bits per heavy atom. The van der Waals surface area contributed by atoms with Crippen molar-refractivity contribution in [3.63, 3.8) is 0 Å². The number of benzene rings is 1. The van der Waals surface area contributed by atoms with Gasteiger partial charge < -0.3 is 15.0 Å². The molecule has 0 unspecified atom stereocenters. The van der Waals surface area contributed by atoms with Crippen molar-refractivity contribution in [1.29, 1.82) is 0 Å². The van der Waals surface area contributed by atoms with Gasteiger partial charge in [-0.2, -0.15) is 4.98 Å². The molecule has 0 saturated heterocycles. The second kappa shape index (κ2) is 6.47. The fourth-order valence-electron chi connectivity index (χ4n) is 2.41. The summed E-state index contributed by atoms with van der Waals surface area (Å²) in [6, 6.07) is 12.2. The smallest absolute Gasteiger partial charge is 0.243 e. The zero-order valence-corrected chi connectivity index (χ0v) is 12.7. The standard InChI is InChI=1S/C17H20N4O/c1-2-3-11-22-16-15-14(19-17(18)20-16)9-10-21(15)12-13-7-5-4-6-8-13/h4-10H,2-3,11-12H2,1H3,(H2,18,19,20). The Labute approximate surface area is 129 Å². The van der Waals surface area contributed by atoms with Crippen LogP contribution in [0.5, 0.6) is 5.88 Å². The van der Waals surface area contributed by atoms with Crippen LogP contribution in [0, 0.1) is 0 Å². The number of nitrogens with two attached hydrogens (primary N) is 1. The summed E-state index contributed by atoms with van der Waals surface area (Å²) in [7, 11) is 0. The quantitative estimate of drug-likeness (QED) is 0.709. The lowest BCUT2D eigenvalue weighted by atomic mass is 10.2. The van der Waals surface area contributed by atoms with E-state index < -0.39 is 0 Å². The van der Waals surface area contributed by atoms with Gasteiger partial charge in [0.15, 0.2) is 0 Å². The summed E-state index contributed by atoms with van der Waals surface area (Å²) >= 11 is 0. The minimum atomic E-state index is 0.247. The fraction of sp³-hybridized carbons (Fsp3) is 0.294. The maximum Gasteiger partial charge on any atom is 0.243 e. The number of unbranched alkanes of at least 4 members (excludes halogenated alkanes) is 1. The number of aromatic nitrogens is 3. The van der Waals surface area contributed by atoms with E-state index in [-0.39, 0.29) is 5.95 Å². The normalized spacial score (nSPS) is 11.0. The van der Waals surface area contributed by atoms with Crippen molar-refractivity contribution in [2.75, 3.05) is 12.3 Å². The minimum Gasteiger partial charge on any atom is -0.476 e. The third kappa shape index (κ3) is 3.03. The zero-order chi connectivity index (χ0) is 15.4. The molecule has 2 N–H and O–H groups in total. The largest absolute Gasteiger partial charge is 0.476 e. The van der Waals surface area contributed by atoms with Gasteiger partial charge in [-0.15, -0.1) is 0 Å². The van der Waals surface area contributed by atoms with Crippen molar-refractivity contribution in [2.45, 2.75) is 26.3 Å². The van der Waals surface area contributed by atoms with Gasteiger partial charge in [-0.3, -0.25) is 0 Å². The molecule has 2 heterocycles. The molecule has 5 nitrogen and oxygen atoms in total. The summed E-state index contributed by atoms with van der Waals surface area (Å²) in [5.41, 5.74) is 8.71. The molecule has 5 heteroatoms. The van der Waals surface area contributed by atoms with Crippen LogP contribution in [0.2, 0.25) is 0 Å². The summed E-state index contributed by atoms with van der Waals surface area (Å²) < 4.78 is 7.93. The predicted molar refractivity (Wildman–Crippen MR) is 87.9 cm³/mol. The average Bonchev–Trinajstić information content (AvgIpc) is 2.91. The fourth-order valence-corrected chi connectivity index (χ4v) is 2.41. The van der Waals surface area contributed by atoms with Crippen LogP contribution in [0.15, 0.2) is 42.6 Å². The lowest BCUT2D eigenvalue weighted by Crippen LogP contribution is -2.06. The minimum absolute atomic E-state index is 0.247. The molecule has 0 aliphatic rings. The molecule has 2 aromatic heterocycles. The number of hydrogen-bond donors (Lipinski definition) is 1. The van der Waals surface area contributed by atoms with Crippen LogP contribution in [0.3, 0.4) is 0 Å². The summed E-state index contributed by atoms with van der Waals surface area (Å²) in [5, 5.41) is 0. The Morgan fingerprint density at radius 1 is 1.14 bits per heavy atom. The Bertz CT molecular complexity index is 752. The molecule has 0 fully saturated rings. The van der Waals surface area contributed by atoms with Gasteiger partial charge in [-0.25, -0.2) is 4.98 Å². The summed E-state index contributed by atoms with van der Waals surface area (Å²) in [6.45, 7) is 3.52. The number of nitrogen functional groups attached to an aromatic ring is 1. The van der Waals surface area contributed by atoms with E-state index >= 15 is 0 Å². The number of anilines is 1. The monoisotopic (exact) mass is 296 g/mol. The van der Waals surface area contributed by atoms with Gasteiger partial charge in [0.2, 0.25) is 11.8 Å². The first-order valence-corrected chi connectivity index (χ1v) is 7.57. The first-order chi connectivity index (χ1) is 10.8. The first-order valence-electron chi connectivity index (χ1n) is 7.57. The van der Waals surface area contributed by atoms with Gasteiger partial charge >= 0.3 is 0 Å². The van der Waals surface area contributed by atoms with Crippen LogP contribution in [-0.4, -0.2) is 21.1 Å². The Morgan fingerprint density at radius 2 is 1.95 bits per heavy atom. The van der Waals surface area contributed by atoms with E-state index in [2.05, 4.69) is 33.6 Å². The van der Waals surface area contributed by atoms with Gasteiger partial charge in [0.25, 0.3) is 0 Å². The summed E-state index contributed by atoms with van der Waals surface area (Å²) in [6.07, 6.45) is 4.07. The predicted octanol–water partition coefficient (Wildman–Crippen LogP) is 3.24. The molecule has 22 heavy (non-hydrogen) atoms. The Balaban J connectivity index is 1.96. The zero-order valence-electron chi connectivity index (χ0n) is 12.7. The Hall–Kier alpha value is -2.56. The van der Waals surface area contributed by atoms with Crippen molar-refractivity contribution in [3.05, 3.63) is 48.2 Å². The summed E-state index contributed by atoms with van der Waals surface area (Å²) in [4.78, 5) is 8.56. The third-order valence-electron chi connectivity index (χ3n) is 3.53. The highest BCUT2D eigenvalue weighted by Gasteiger charge is 2.12. The number of nitrogens with zero attached hydrogens (tertiary/aromatic N) is 3. The number of hydrogen-bond acceptors (Lipinski definition) is 4. The number of ether oxygens (including phenoxy) is 1. The van der Waals surface area contributed by atoms with Crippen LogP contribution in [0.1, 0.15) is 25.3 Å². The molecule has 0 saturated carbocycles. The molecule has 0 radical (unpaired) electrons. The first kappa shape index (κ1) is 14.4. The second-order valence-electron chi connectivity index (χ2n) is 5.25. The van der Waals surface area contributed by atoms with Gasteiger partial charge in [0.05, 0.1) is 12.1 Å². The van der Waals surface area contributed by atoms with Crippen molar-refractivity contribution in [3.8, 4) is 5.88 Å². The van der Waals surface area contributed by atoms with Crippen LogP contribution < -0.4 is 10.5 Å². The lowest BCUT2D eigenvalue weighted by Gasteiger charge is -2.10. The molecule has 0 atom stereocenters. The van der Waals surface area contributed by atoms with E-state index in [1.807, 2.05) is 30.5 Å². The van der Waals surface area contributed by atoms with Crippen molar-refractivity contribution in [1.82, 2.24) is 14.5 Å². The maximum atomic E-state index is 5.83. The van der Waals surface area contributed by atoms with Crippen LogP contribution in [-0.2, 0) is 6.54 Å². The molecular formula is C17H20N4O. The van der Waals surface area contributed by atoms with E-state index in [9.17, 15) is 0 Å². The molecule has 1 aromatic carbocycles. The number of rotatable bonds is 6. The van der Waals surface area contributed by atoms with Crippen molar-refractivity contribution >= 4 is 17.0 Å².